The average molecular weight is 528 g/mol. The lowest BCUT2D eigenvalue weighted by atomic mass is 10.1. The Bertz CT molecular complexity index is 1300. The monoisotopic (exact) mass is 527 g/mol. The van der Waals surface area contributed by atoms with E-state index in [1.807, 2.05) is 0 Å². The molecule has 3 heterocycles. The standard InChI is InChI=1S/C26H31F2N7O3/c1-34-14-17(12-32-34)23-21(28)11-20(24(33-23)30-8-7-16-4-2-5-18(27)10-16)25(37)31-13-19-6-3-9-35(19)26(38)22(29)15-36/h2,4-5,10-12,14,19,22,36H,3,6-9,13,15,29H2,1H3,(H,30,33)(H,31,37)/t19-,22+/m1/s1. The van der Waals surface area contributed by atoms with Crippen LogP contribution < -0.4 is 16.4 Å². The smallest absolute Gasteiger partial charge is 0.255 e. The van der Waals surface area contributed by atoms with Crippen LogP contribution in [-0.2, 0) is 18.3 Å². The summed E-state index contributed by atoms with van der Waals surface area (Å²) >= 11 is 0. The van der Waals surface area contributed by atoms with E-state index in [2.05, 4.69) is 20.7 Å². The van der Waals surface area contributed by atoms with Crippen molar-refractivity contribution in [1.82, 2.24) is 25.0 Å². The number of aliphatic hydroxyl groups is 1. The average Bonchev–Trinajstić information content (AvgIpc) is 3.56. The van der Waals surface area contributed by atoms with E-state index in [0.29, 0.717) is 31.5 Å². The lowest BCUT2D eigenvalue weighted by Crippen LogP contribution is -2.50. The molecule has 2 amide bonds. The number of nitrogens with two attached hydrogens (primary N) is 1. The fraction of sp³-hybridized carbons (Fsp3) is 0.385. The Morgan fingerprint density at radius 2 is 2.11 bits per heavy atom. The number of aromatic nitrogens is 3. The molecule has 1 aromatic carbocycles. The van der Waals surface area contributed by atoms with Crippen LogP contribution in [0.2, 0.25) is 0 Å². The number of nitrogens with zero attached hydrogens (tertiary/aromatic N) is 4. The molecule has 0 spiro atoms. The van der Waals surface area contributed by atoms with Crippen LogP contribution >= 0.6 is 0 Å². The van der Waals surface area contributed by atoms with Gasteiger partial charge in [0.05, 0.1) is 18.4 Å². The molecule has 1 aliphatic rings. The molecule has 0 bridgehead atoms. The van der Waals surface area contributed by atoms with Crippen LogP contribution in [0.1, 0.15) is 28.8 Å². The van der Waals surface area contributed by atoms with Gasteiger partial charge in [0.25, 0.3) is 5.91 Å². The molecule has 10 nitrogen and oxygen atoms in total. The van der Waals surface area contributed by atoms with Gasteiger partial charge in [-0.25, -0.2) is 13.8 Å². The fourth-order valence-corrected chi connectivity index (χ4v) is 4.50. The molecule has 38 heavy (non-hydrogen) atoms. The lowest BCUT2D eigenvalue weighted by Gasteiger charge is -2.27. The second-order valence-electron chi connectivity index (χ2n) is 9.25. The van der Waals surface area contributed by atoms with Gasteiger partial charge in [0.15, 0.2) is 5.82 Å². The molecule has 4 rings (SSSR count). The van der Waals surface area contributed by atoms with Crippen molar-refractivity contribution in [1.29, 1.82) is 0 Å². The molecule has 1 aliphatic heterocycles. The number of rotatable bonds is 10. The fourth-order valence-electron chi connectivity index (χ4n) is 4.50. The van der Waals surface area contributed by atoms with Crippen LogP contribution in [0.3, 0.4) is 0 Å². The molecule has 12 heteroatoms. The molecule has 0 saturated carbocycles. The maximum atomic E-state index is 15.1. The van der Waals surface area contributed by atoms with Gasteiger partial charge in [0.2, 0.25) is 5.91 Å². The highest BCUT2D eigenvalue weighted by atomic mass is 19.1. The minimum absolute atomic E-state index is 0.00249. The van der Waals surface area contributed by atoms with Gasteiger partial charge in [0.1, 0.15) is 23.4 Å². The summed E-state index contributed by atoms with van der Waals surface area (Å²) in [7, 11) is 1.70. The zero-order valence-electron chi connectivity index (χ0n) is 21.0. The molecule has 2 aromatic heterocycles. The highest BCUT2D eigenvalue weighted by Gasteiger charge is 2.32. The van der Waals surface area contributed by atoms with Crippen molar-refractivity contribution in [3.05, 3.63) is 65.5 Å². The first-order valence-corrected chi connectivity index (χ1v) is 12.4. The van der Waals surface area contributed by atoms with E-state index in [4.69, 9.17) is 5.73 Å². The molecule has 1 fully saturated rings. The number of benzene rings is 1. The number of carbonyl (C=O) groups excluding carboxylic acids is 2. The predicted molar refractivity (Wildman–Crippen MR) is 137 cm³/mol. The van der Waals surface area contributed by atoms with Gasteiger partial charge in [-0.2, -0.15) is 5.10 Å². The Balaban J connectivity index is 1.52. The third-order valence-corrected chi connectivity index (χ3v) is 6.47. The minimum Gasteiger partial charge on any atom is -0.394 e. The molecule has 0 aliphatic carbocycles. The first-order valence-electron chi connectivity index (χ1n) is 12.4. The number of hydrogen-bond acceptors (Lipinski definition) is 7. The van der Waals surface area contributed by atoms with Crippen molar-refractivity contribution >= 4 is 17.6 Å². The molecular weight excluding hydrogens is 496 g/mol. The molecular formula is C26H31F2N7O3. The van der Waals surface area contributed by atoms with Gasteiger partial charge < -0.3 is 26.4 Å². The van der Waals surface area contributed by atoms with Gasteiger partial charge >= 0.3 is 0 Å². The molecule has 3 aromatic rings. The highest BCUT2D eigenvalue weighted by Crippen LogP contribution is 2.26. The topological polar surface area (TPSA) is 138 Å². The number of anilines is 1. The summed E-state index contributed by atoms with van der Waals surface area (Å²) in [6.07, 6.45) is 4.95. The summed E-state index contributed by atoms with van der Waals surface area (Å²) in [6, 6.07) is 6.00. The number of pyridine rings is 1. The Labute approximate surface area is 218 Å². The van der Waals surface area contributed by atoms with Gasteiger partial charge in [0, 0.05) is 44.5 Å². The molecule has 1 saturated heterocycles. The third-order valence-electron chi connectivity index (χ3n) is 6.47. The second-order valence-corrected chi connectivity index (χ2v) is 9.25. The van der Waals surface area contributed by atoms with Crippen LogP contribution in [0.15, 0.2) is 42.7 Å². The van der Waals surface area contributed by atoms with Crippen LogP contribution in [0.25, 0.3) is 11.3 Å². The Morgan fingerprint density at radius 3 is 2.82 bits per heavy atom. The quantitative estimate of drug-likeness (QED) is 0.313. The molecule has 5 N–H and O–H groups in total. The van der Waals surface area contributed by atoms with Gasteiger partial charge in [-0.15, -0.1) is 0 Å². The maximum absolute atomic E-state index is 15.1. The van der Waals surface area contributed by atoms with E-state index in [1.165, 1.54) is 23.0 Å². The van der Waals surface area contributed by atoms with E-state index in [1.54, 1.807) is 30.3 Å². The van der Waals surface area contributed by atoms with Gasteiger partial charge in [-0.3, -0.25) is 14.3 Å². The van der Waals surface area contributed by atoms with Crippen molar-refractivity contribution in [3.8, 4) is 11.3 Å². The van der Waals surface area contributed by atoms with E-state index < -0.39 is 24.4 Å². The van der Waals surface area contributed by atoms with Crippen LogP contribution in [0, 0.1) is 11.6 Å². The largest absolute Gasteiger partial charge is 0.394 e. The zero-order chi connectivity index (χ0) is 27.2. The van der Waals surface area contributed by atoms with Gasteiger partial charge in [-0.1, -0.05) is 12.1 Å². The zero-order valence-corrected chi connectivity index (χ0v) is 21.0. The number of likely N-dealkylation sites (tertiary alicyclic amines) is 1. The number of hydrogen-bond donors (Lipinski definition) is 4. The summed E-state index contributed by atoms with van der Waals surface area (Å²) in [6.45, 7) is 0.472. The number of nitrogens with one attached hydrogen (secondary N) is 2. The molecule has 0 unspecified atom stereocenters. The Hall–Kier alpha value is -3.90. The molecule has 2 atom stereocenters. The van der Waals surface area contributed by atoms with Gasteiger partial charge in [-0.05, 0) is 43.0 Å². The summed E-state index contributed by atoms with van der Waals surface area (Å²) < 4.78 is 30.2. The Morgan fingerprint density at radius 1 is 1.29 bits per heavy atom. The maximum Gasteiger partial charge on any atom is 0.255 e. The second kappa shape index (κ2) is 12.1. The molecule has 0 radical (unpaired) electrons. The summed E-state index contributed by atoms with van der Waals surface area (Å²) in [5.74, 6) is -1.81. The highest BCUT2D eigenvalue weighted by molar-refractivity contribution is 5.99. The number of aryl methyl sites for hydroxylation is 1. The van der Waals surface area contributed by atoms with Crippen LogP contribution in [-0.4, -0.2) is 74.9 Å². The summed E-state index contributed by atoms with van der Waals surface area (Å²) in [4.78, 5) is 31.6. The van der Waals surface area contributed by atoms with E-state index in [9.17, 15) is 19.1 Å². The van der Waals surface area contributed by atoms with Crippen molar-refractivity contribution in [2.24, 2.45) is 12.8 Å². The number of amides is 2. The van der Waals surface area contributed by atoms with E-state index >= 15 is 4.39 Å². The Kier molecular flexibility index (Phi) is 8.64. The number of halogens is 2. The third kappa shape index (κ3) is 6.32. The first-order chi connectivity index (χ1) is 18.3. The first kappa shape index (κ1) is 27.1. The van der Waals surface area contributed by atoms with Crippen LogP contribution in [0.5, 0.6) is 0 Å². The number of carbonyl (C=O) groups is 2. The summed E-state index contributed by atoms with van der Waals surface area (Å²) in [5.41, 5.74) is 6.93. The molecule has 202 valence electrons. The van der Waals surface area contributed by atoms with Crippen molar-refractivity contribution < 1.29 is 23.5 Å². The lowest BCUT2D eigenvalue weighted by molar-refractivity contribution is -0.134. The normalized spacial score (nSPS) is 15.9. The predicted octanol–water partition coefficient (Wildman–Crippen LogP) is 1.46. The SMILES string of the molecule is Cn1cc(-c2nc(NCCc3cccc(F)c3)c(C(=O)NC[C@H]3CCCN3C(=O)[C@@H](N)CO)cc2F)cn1. The van der Waals surface area contributed by atoms with Crippen molar-refractivity contribution in [2.45, 2.75) is 31.3 Å². The summed E-state index contributed by atoms with van der Waals surface area (Å²) in [5, 5.41) is 19.2. The van der Waals surface area contributed by atoms with E-state index in [0.717, 1.165) is 18.1 Å². The van der Waals surface area contributed by atoms with E-state index in [-0.39, 0.29) is 41.4 Å². The van der Waals surface area contributed by atoms with Crippen LogP contribution in [0.4, 0.5) is 14.6 Å². The minimum atomic E-state index is -1.02. The van der Waals surface area contributed by atoms with Crippen molar-refractivity contribution in [2.75, 3.05) is 31.6 Å². The number of aliphatic hydroxyl groups excluding tert-OH is 1. The van der Waals surface area contributed by atoms with Crippen molar-refractivity contribution in [3.63, 3.8) is 0 Å².